The molecule has 2 aliphatic rings. The van der Waals surface area contributed by atoms with Gasteiger partial charge in [0.25, 0.3) is 0 Å². The highest BCUT2D eigenvalue weighted by atomic mass is 16.2. The van der Waals surface area contributed by atoms with Crippen LogP contribution >= 0.6 is 0 Å². The zero-order valence-electron chi connectivity index (χ0n) is 14.4. The van der Waals surface area contributed by atoms with Crippen molar-refractivity contribution >= 4 is 5.91 Å². The van der Waals surface area contributed by atoms with Gasteiger partial charge >= 0.3 is 0 Å². The van der Waals surface area contributed by atoms with Crippen LogP contribution < -0.4 is 4.90 Å². The first-order valence-corrected chi connectivity index (χ1v) is 9.01. The minimum absolute atomic E-state index is 0.245. The molecule has 0 saturated carbocycles. The number of quaternary nitrogens is 1. The first-order chi connectivity index (χ1) is 10.6. The van der Waals surface area contributed by atoms with E-state index in [9.17, 15) is 4.79 Å². The van der Waals surface area contributed by atoms with E-state index in [0.717, 1.165) is 37.4 Å². The molecule has 1 N–H and O–H groups in total. The highest BCUT2D eigenvalue weighted by Crippen LogP contribution is 2.18. The molecule has 124 valence electrons. The van der Waals surface area contributed by atoms with Crippen LogP contribution in [0.4, 0.5) is 0 Å². The van der Waals surface area contributed by atoms with Crippen LogP contribution in [0.1, 0.15) is 46.0 Å². The van der Waals surface area contributed by atoms with Gasteiger partial charge in [0.15, 0.2) is 0 Å². The van der Waals surface area contributed by atoms with E-state index in [2.05, 4.69) is 25.7 Å². The molecule has 0 aromatic rings. The zero-order chi connectivity index (χ0) is 15.9. The topological polar surface area (TPSA) is 24.8 Å². The molecule has 1 aliphatic carbocycles. The number of likely N-dealkylation sites (N-methyl/N-ethyl adjacent to an activating group) is 1. The summed E-state index contributed by atoms with van der Waals surface area (Å²) in [5.74, 6) is 1.46. The Hall–Kier alpha value is -1.09. The molecule has 1 aliphatic heterocycles. The second-order valence-corrected chi connectivity index (χ2v) is 7.19. The number of allylic oxidation sites excluding steroid dienone is 2. The molecular weight excluding hydrogens is 272 g/mol. The summed E-state index contributed by atoms with van der Waals surface area (Å²) in [5.41, 5.74) is 1.07. The molecule has 0 aromatic heterocycles. The molecule has 1 atom stereocenters. The van der Waals surface area contributed by atoms with Crippen LogP contribution in [0.15, 0.2) is 24.3 Å². The Kier molecular flexibility index (Phi) is 6.69. The molecule has 1 fully saturated rings. The van der Waals surface area contributed by atoms with Gasteiger partial charge in [0.05, 0.1) is 19.6 Å². The van der Waals surface area contributed by atoms with E-state index in [4.69, 9.17) is 0 Å². The summed E-state index contributed by atoms with van der Waals surface area (Å²) < 4.78 is 0. The van der Waals surface area contributed by atoms with Crippen LogP contribution in [0.3, 0.4) is 0 Å². The fourth-order valence-electron chi connectivity index (χ4n) is 3.86. The molecule has 1 heterocycles. The lowest BCUT2D eigenvalue weighted by Crippen LogP contribution is -3.13. The maximum atomic E-state index is 12.6. The van der Waals surface area contributed by atoms with Crippen LogP contribution in [0, 0.1) is 11.8 Å². The maximum Gasteiger partial charge on any atom is 0.226 e. The van der Waals surface area contributed by atoms with Crippen molar-refractivity contribution in [1.29, 1.82) is 0 Å². The van der Waals surface area contributed by atoms with Gasteiger partial charge in [-0.1, -0.05) is 24.3 Å². The second kappa shape index (κ2) is 8.52. The largest absolute Gasteiger partial charge is 0.339 e. The standard InChI is InChI=1S/C19H32N2O/c1-4-21(14-16(2)3)19(22)18-10-12-20(13-11-18)15-17-8-6-5-7-9-17/h5-6,17-18H,2,4,7-15H2,1,3H3/p+1/t17-/m0/s1. The van der Waals surface area contributed by atoms with Crippen LogP contribution in [-0.2, 0) is 4.79 Å². The lowest BCUT2D eigenvalue weighted by atomic mass is 9.91. The van der Waals surface area contributed by atoms with Crippen molar-refractivity contribution in [2.24, 2.45) is 11.8 Å². The summed E-state index contributed by atoms with van der Waals surface area (Å²) in [5, 5.41) is 0. The highest BCUT2D eigenvalue weighted by Gasteiger charge is 2.31. The Morgan fingerprint density at radius 2 is 2.00 bits per heavy atom. The summed E-state index contributed by atoms with van der Waals surface area (Å²) in [4.78, 5) is 16.3. The van der Waals surface area contributed by atoms with E-state index in [-0.39, 0.29) is 5.92 Å². The number of nitrogens with zero attached hydrogens (tertiary/aromatic N) is 1. The minimum Gasteiger partial charge on any atom is -0.339 e. The van der Waals surface area contributed by atoms with Gasteiger partial charge in [-0.15, -0.1) is 0 Å². The van der Waals surface area contributed by atoms with Crippen LogP contribution in [0.2, 0.25) is 0 Å². The Labute approximate surface area is 136 Å². The second-order valence-electron chi connectivity index (χ2n) is 7.19. The number of piperidine rings is 1. The third-order valence-electron chi connectivity index (χ3n) is 5.15. The minimum atomic E-state index is 0.245. The Bertz CT molecular complexity index is 408. The number of nitrogens with one attached hydrogen (secondary N) is 1. The number of rotatable bonds is 6. The lowest BCUT2D eigenvalue weighted by Gasteiger charge is -2.33. The first kappa shape index (κ1) is 17.3. The normalized spacial score (nSPS) is 28.4. The number of hydrogen-bond donors (Lipinski definition) is 1. The Morgan fingerprint density at radius 3 is 2.55 bits per heavy atom. The number of carbonyl (C=O) groups excluding carboxylic acids is 1. The molecule has 3 heteroatoms. The number of hydrogen-bond acceptors (Lipinski definition) is 1. The average molecular weight is 305 g/mol. The predicted octanol–water partition coefficient (Wildman–Crippen LogP) is 2.06. The Morgan fingerprint density at radius 1 is 1.27 bits per heavy atom. The molecule has 1 amide bonds. The summed E-state index contributed by atoms with van der Waals surface area (Å²) in [6, 6.07) is 0. The predicted molar refractivity (Wildman–Crippen MR) is 91.8 cm³/mol. The van der Waals surface area contributed by atoms with Crippen molar-refractivity contribution in [3.8, 4) is 0 Å². The van der Waals surface area contributed by atoms with Crippen LogP contribution in [-0.4, -0.2) is 43.5 Å². The Balaban J connectivity index is 1.77. The molecule has 0 aromatic carbocycles. The van der Waals surface area contributed by atoms with E-state index in [1.807, 2.05) is 11.8 Å². The number of likely N-dealkylation sites (tertiary alicyclic amines) is 1. The summed E-state index contributed by atoms with van der Waals surface area (Å²) >= 11 is 0. The molecule has 0 unspecified atom stereocenters. The van der Waals surface area contributed by atoms with Gasteiger partial charge in [-0.25, -0.2) is 0 Å². The van der Waals surface area contributed by atoms with Gasteiger partial charge < -0.3 is 9.80 Å². The molecule has 1 saturated heterocycles. The lowest BCUT2D eigenvalue weighted by molar-refractivity contribution is -0.909. The van der Waals surface area contributed by atoms with Crippen molar-refractivity contribution in [3.05, 3.63) is 24.3 Å². The molecule has 22 heavy (non-hydrogen) atoms. The van der Waals surface area contributed by atoms with Crippen molar-refractivity contribution < 1.29 is 9.69 Å². The first-order valence-electron chi connectivity index (χ1n) is 9.01. The van der Waals surface area contributed by atoms with Gasteiger partial charge in [-0.3, -0.25) is 4.79 Å². The van der Waals surface area contributed by atoms with E-state index >= 15 is 0 Å². The average Bonchev–Trinajstić information content (AvgIpc) is 2.53. The molecule has 3 nitrogen and oxygen atoms in total. The maximum absolute atomic E-state index is 12.6. The van der Waals surface area contributed by atoms with Crippen LogP contribution in [0.5, 0.6) is 0 Å². The van der Waals surface area contributed by atoms with Gasteiger partial charge in [0, 0.05) is 37.8 Å². The SMILES string of the molecule is C=C(C)CN(CC)C(=O)C1CC[NH+](C[C@H]2CC=CCC2)CC1. The van der Waals surface area contributed by atoms with Crippen molar-refractivity contribution in [2.75, 3.05) is 32.7 Å². The van der Waals surface area contributed by atoms with Gasteiger partial charge in [0.2, 0.25) is 5.91 Å². The molecule has 0 radical (unpaired) electrons. The van der Waals surface area contributed by atoms with Gasteiger partial charge in [-0.2, -0.15) is 0 Å². The monoisotopic (exact) mass is 305 g/mol. The molecule has 0 bridgehead atoms. The fourth-order valence-corrected chi connectivity index (χ4v) is 3.86. The van der Waals surface area contributed by atoms with Gasteiger partial charge in [-0.05, 0) is 33.1 Å². The smallest absolute Gasteiger partial charge is 0.226 e. The third kappa shape index (κ3) is 4.98. The summed E-state index contributed by atoms with van der Waals surface area (Å²) in [7, 11) is 0. The van der Waals surface area contributed by atoms with E-state index in [1.54, 1.807) is 4.90 Å². The highest BCUT2D eigenvalue weighted by molar-refractivity contribution is 5.79. The van der Waals surface area contributed by atoms with E-state index in [1.165, 1.54) is 38.9 Å². The quantitative estimate of drug-likeness (QED) is 0.747. The van der Waals surface area contributed by atoms with Crippen LogP contribution in [0.25, 0.3) is 0 Å². The zero-order valence-corrected chi connectivity index (χ0v) is 14.4. The fraction of sp³-hybridized carbons (Fsp3) is 0.737. The van der Waals surface area contributed by atoms with Gasteiger partial charge in [0.1, 0.15) is 0 Å². The summed E-state index contributed by atoms with van der Waals surface area (Å²) in [6.07, 6.45) is 10.6. The van der Waals surface area contributed by atoms with Crippen molar-refractivity contribution in [3.63, 3.8) is 0 Å². The number of amides is 1. The summed E-state index contributed by atoms with van der Waals surface area (Å²) in [6.45, 7) is 13.2. The van der Waals surface area contributed by atoms with E-state index < -0.39 is 0 Å². The van der Waals surface area contributed by atoms with E-state index in [0.29, 0.717) is 5.91 Å². The molecular formula is C19H33N2O+. The van der Waals surface area contributed by atoms with Crippen molar-refractivity contribution in [1.82, 2.24) is 4.90 Å². The van der Waals surface area contributed by atoms with Crippen molar-refractivity contribution in [2.45, 2.75) is 46.0 Å². The number of carbonyl (C=O) groups is 1. The third-order valence-corrected chi connectivity index (χ3v) is 5.15. The molecule has 2 rings (SSSR count). The molecule has 0 spiro atoms.